The molecular weight excluding hydrogens is 336 g/mol. The zero-order valence-electron chi connectivity index (χ0n) is 16.6. The van der Waals surface area contributed by atoms with Crippen LogP contribution >= 0.6 is 0 Å². The van der Waals surface area contributed by atoms with E-state index >= 15 is 0 Å². The fourth-order valence-corrected chi connectivity index (χ4v) is 2.19. The van der Waals surface area contributed by atoms with Crippen molar-refractivity contribution in [3.8, 4) is 0 Å². The highest BCUT2D eigenvalue weighted by Gasteiger charge is 2.09. The fourth-order valence-electron chi connectivity index (χ4n) is 2.19. The third kappa shape index (κ3) is 16.0. The van der Waals surface area contributed by atoms with Crippen LogP contribution in [0.1, 0.15) is 52.4 Å². The van der Waals surface area contributed by atoms with Gasteiger partial charge in [-0.1, -0.05) is 26.7 Å². The third-order valence-electron chi connectivity index (χ3n) is 3.81. The summed E-state index contributed by atoms with van der Waals surface area (Å²) in [6.45, 7) is 8.72. The van der Waals surface area contributed by atoms with Crippen LogP contribution in [0.2, 0.25) is 0 Å². The van der Waals surface area contributed by atoms with Gasteiger partial charge < -0.3 is 25.8 Å². The van der Waals surface area contributed by atoms with Crippen molar-refractivity contribution in [2.75, 3.05) is 52.5 Å². The Kier molecular flexibility index (Phi) is 17.2. The van der Waals surface area contributed by atoms with Gasteiger partial charge in [0.1, 0.15) is 13.2 Å². The molecule has 0 rings (SSSR count). The molecule has 0 aliphatic carbocycles. The molecule has 2 amide bonds. The first-order valence-electron chi connectivity index (χ1n) is 9.87. The van der Waals surface area contributed by atoms with Crippen molar-refractivity contribution in [3.63, 3.8) is 0 Å². The van der Waals surface area contributed by atoms with Crippen LogP contribution < -0.4 is 16.4 Å². The Bertz CT molecular complexity index is 328. The Morgan fingerprint density at radius 2 is 1.31 bits per heavy atom. The van der Waals surface area contributed by atoms with Gasteiger partial charge in [0.15, 0.2) is 0 Å². The molecule has 0 heterocycles. The van der Waals surface area contributed by atoms with Crippen molar-refractivity contribution in [1.82, 2.24) is 15.5 Å². The summed E-state index contributed by atoms with van der Waals surface area (Å²) in [7, 11) is 0. The average Bonchev–Trinajstić information content (AvgIpc) is 2.62. The second-order valence-electron chi connectivity index (χ2n) is 6.17. The van der Waals surface area contributed by atoms with Gasteiger partial charge in [0.2, 0.25) is 0 Å². The van der Waals surface area contributed by atoms with Gasteiger partial charge in [-0.25, -0.2) is 9.59 Å². The first-order valence-corrected chi connectivity index (χ1v) is 9.87. The molecule has 0 fully saturated rings. The quantitative estimate of drug-likeness (QED) is 0.357. The van der Waals surface area contributed by atoms with Crippen molar-refractivity contribution in [2.24, 2.45) is 5.73 Å². The minimum absolute atomic E-state index is 0.309. The van der Waals surface area contributed by atoms with Gasteiger partial charge in [-0.2, -0.15) is 0 Å². The number of hydrogen-bond donors (Lipinski definition) is 3. The van der Waals surface area contributed by atoms with Gasteiger partial charge in [-0.05, 0) is 38.8 Å². The molecule has 0 aliphatic rings. The van der Waals surface area contributed by atoms with E-state index in [-0.39, 0.29) is 12.2 Å². The number of nitrogens with zero attached hydrogens (tertiary/aromatic N) is 1. The number of nitrogens with two attached hydrogens (primary N) is 1. The number of nitrogens with one attached hydrogen (secondary N) is 2. The number of hydrogen-bond acceptors (Lipinski definition) is 6. The Morgan fingerprint density at radius 3 is 1.73 bits per heavy atom. The molecular formula is C18H38N4O4. The van der Waals surface area contributed by atoms with Crippen molar-refractivity contribution >= 4 is 12.2 Å². The molecule has 8 heteroatoms. The zero-order chi connectivity index (χ0) is 19.5. The number of ether oxygens (including phenoxy) is 2. The molecule has 0 aliphatic heterocycles. The first kappa shape index (κ1) is 24.5. The van der Waals surface area contributed by atoms with Gasteiger partial charge in [-0.15, -0.1) is 0 Å². The Morgan fingerprint density at radius 1 is 0.808 bits per heavy atom. The predicted molar refractivity (Wildman–Crippen MR) is 103 cm³/mol. The third-order valence-corrected chi connectivity index (χ3v) is 3.81. The number of rotatable bonds is 16. The van der Waals surface area contributed by atoms with E-state index in [2.05, 4.69) is 29.4 Å². The van der Waals surface area contributed by atoms with Gasteiger partial charge in [0, 0.05) is 26.2 Å². The number of amides is 2. The van der Waals surface area contributed by atoms with E-state index in [1.54, 1.807) is 0 Å². The Hall–Kier alpha value is -1.54. The van der Waals surface area contributed by atoms with E-state index in [1.165, 1.54) is 0 Å². The SMILES string of the molecule is CCCCNC(=O)OCCN(CCCCN)CCOC(=O)NCCCC. The van der Waals surface area contributed by atoms with E-state index in [4.69, 9.17) is 15.2 Å². The van der Waals surface area contributed by atoms with Crippen LogP contribution in [-0.4, -0.2) is 69.6 Å². The van der Waals surface area contributed by atoms with Gasteiger partial charge in [0.25, 0.3) is 0 Å². The lowest BCUT2D eigenvalue weighted by atomic mass is 10.3. The predicted octanol–water partition coefficient (Wildman–Crippen LogP) is 2.08. The second-order valence-corrected chi connectivity index (χ2v) is 6.17. The van der Waals surface area contributed by atoms with Crippen LogP contribution in [0.5, 0.6) is 0 Å². The van der Waals surface area contributed by atoms with Crippen molar-refractivity contribution in [1.29, 1.82) is 0 Å². The smallest absolute Gasteiger partial charge is 0.407 e. The molecule has 26 heavy (non-hydrogen) atoms. The van der Waals surface area contributed by atoms with Crippen LogP contribution in [0.3, 0.4) is 0 Å². The molecule has 0 aromatic carbocycles. The van der Waals surface area contributed by atoms with Crippen LogP contribution in [0.4, 0.5) is 9.59 Å². The van der Waals surface area contributed by atoms with E-state index in [1.807, 2.05) is 0 Å². The number of unbranched alkanes of at least 4 members (excludes halogenated alkanes) is 3. The molecule has 0 unspecified atom stereocenters. The Labute approximate surface area is 158 Å². The lowest BCUT2D eigenvalue weighted by Gasteiger charge is -2.22. The summed E-state index contributed by atoms with van der Waals surface area (Å²) < 4.78 is 10.4. The van der Waals surface area contributed by atoms with Gasteiger partial charge in [-0.3, -0.25) is 4.90 Å². The molecule has 0 spiro atoms. The molecule has 0 radical (unpaired) electrons. The summed E-state index contributed by atoms with van der Waals surface area (Å²) in [4.78, 5) is 25.2. The van der Waals surface area contributed by atoms with Crippen molar-refractivity contribution < 1.29 is 19.1 Å². The summed E-state index contributed by atoms with van der Waals surface area (Å²) in [5, 5.41) is 5.44. The molecule has 154 valence electrons. The molecule has 0 saturated heterocycles. The van der Waals surface area contributed by atoms with Crippen LogP contribution in [0.25, 0.3) is 0 Å². The van der Waals surface area contributed by atoms with Crippen molar-refractivity contribution in [2.45, 2.75) is 52.4 Å². The van der Waals surface area contributed by atoms with Crippen LogP contribution in [0.15, 0.2) is 0 Å². The summed E-state index contributed by atoms with van der Waals surface area (Å²) in [6, 6.07) is 0. The molecule has 8 nitrogen and oxygen atoms in total. The molecule has 4 N–H and O–H groups in total. The van der Waals surface area contributed by atoms with Gasteiger partial charge in [0.05, 0.1) is 0 Å². The summed E-state index contributed by atoms with van der Waals surface area (Å²) >= 11 is 0. The van der Waals surface area contributed by atoms with Crippen molar-refractivity contribution in [3.05, 3.63) is 0 Å². The number of carbonyl (C=O) groups is 2. The number of carbonyl (C=O) groups excluding carboxylic acids is 2. The summed E-state index contributed by atoms with van der Waals surface area (Å²) in [6.07, 6.45) is 5.08. The number of alkyl carbamates (subject to hydrolysis) is 2. The Balaban J connectivity index is 3.99. The maximum absolute atomic E-state index is 11.5. The van der Waals surface area contributed by atoms with Gasteiger partial charge >= 0.3 is 12.2 Å². The van der Waals surface area contributed by atoms with E-state index in [0.717, 1.165) is 45.1 Å². The normalized spacial score (nSPS) is 10.6. The molecule has 0 saturated carbocycles. The van der Waals surface area contributed by atoms with E-state index < -0.39 is 0 Å². The molecule has 0 atom stereocenters. The minimum Gasteiger partial charge on any atom is -0.448 e. The summed E-state index contributed by atoms with van der Waals surface area (Å²) in [5.74, 6) is 0. The standard InChI is InChI=1S/C18H38N4O4/c1-3-5-10-20-17(23)25-15-13-22(12-8-7-9-19)14-16-26-18(24)21-11-6-4-2/h3-16,19H2,1-2H3,(H,20,23)(H,21,24). The van der Waals surface area contributed by atoms with Crippen LogP contribution in [0, 0.1) is 0 Å². The monoisotopic (exact) mass is 374 g/mol. The summed E-state index contributed by atoms with van der Waals surface area (Å²) in [5.41, 5.74) is 5.54. The maximum atomic E-state index is 11.5. The average molecular weight is 375 g/mol. The molecule has 0 aromatic heterocycles. The molecule has 0 aromatic rings. The lowest BCUT2D eigenvalue weighted by Crippen LogP contribution is -2.35. The first-order chi connectivity index (χ1) is 12.6. The van der Waals surface area contributed by atoms with E-state index in [0.29, 0.717) is 45.9 Å². The zero-order valence-corrected chi connectivity index (χ0v) is 16.6. The highest BCUT2D eigenvalue weighted by atomic mass is 16.6. The second kappa shape index (κ2) is 18.3. The topological polar surface area (TPSA) is 106 Å². The highest BCUT2D eigenvalue weighted by Crippen LogP contribution is 1.96. The minimum atomic E-state index is -0.382. The largest absolute Gasteiger partial charge is 0.448 e. The fraction of sp³-hybridized carbons (Fsp3) is 0.889. The van der Waals surface area contributed by atoms with E-state index in [9.17, 15) is 9.59 Å². The highest BCUT2D eigenvalue weighted by molar-refractivity contribution is 5.67. The lowest BCUT2D eigenvalue weighted by molar-refractivity contribution is 0.106. The molecule has 0 bridgehead atoms. The maximum Gasteiger partial charge on any atom is 0.407 e. The van der Waals surface area contributed by atoms with Crippen LogP contribution in [-0.2, 0) is 9.47 Å².